The number of cyclic esters (lactones) is 1. The number of ether oxygens (including phenoxy) is 2. The Morgan fingerprint density at radius 1 is 1.09 bits per heavy atom. The lowest BCUT2D eigenvalue weighted by molar-refractivity contribution is -0.145. The summed E-state index contributed by atoms with van der Waals surface area (Å²) >= 11 is 0. The van der Waals surface area contributed by atoms with Gasteiger partial charge >= 0.3 is 11.9 Å². The minimum atomic E-state index is -0.780. The van der Waals surface area contributed by atoms with Gasteiger partial charge in [0.05, 0.1) is 12.2 Å². The van der Waals surface area contributed by atoms with Crippen LogP contribution >= 0.6 is 0 Å². The van der Waals surface area contributed by atoms with Crippen molar-refractivity contribution in [2.24, 2.45) is 0 Å². The predicted molar refractivity (Wildman–Crippen MR) is 80.5 cm³/mol. The van der Waals surface area contributed by atoms with E-state index in [1.165, 1.54) is 0 Å². The number of hydrogen-bond acceptors (Lipinski definition) is 4. The third kappa shape index (κ3) is 3.17. The molecule has 1 aliphatic heterocycles. The van der Waals surface area contributed by atoms with Crippen LogP contribution in [0.2, 0.25) is 0 Å². The quantitative estimate of drug-likeness (QED) is 0.814. The average Bonchev–Trinajstić information content (AvgIpc) is 2.94. The second-order valence-corrected chi connectivity index (χ2v) is 5.17. The molecule has 2 aromatic rings. The molecule has 1 saturated heterocycles. The van der Waals surface area contributed by atoms with Gasteiger partial charge in [0.1, 0.15) is 0 Å². The zero-order valence-corrected chi connectivity index (χ0v) is 12.0. The van der Waals surface area contributed by atoms with E-state index in [1.54, 1.807) is 12.1 Å². The Balaban J connectivity index is 1.78. The molecular formula is C18H16O4. The third-order valence-electron chi connectivity index (χ3n) is 3.61. The molecule has 3 rings (SSSR count). The summed E-state index contributed by atoms with van der Waals surface area (Å²) in [5, 5.41) is 0. The van der Waals surface area contributed by atoms with Gasteiger partial charge in [-0.25, -0.2) is 9.59 Å². The van der Waals surface area contributed by atoms with Gasteiger partial charge < -0.3 is 9.47 Å². The first-order valence-corrected chi connectivity index (χ1v) is 7.23. The van der Waals surface area contributed by atoms with Crippen LogP contribution in [0.3, 0.4) is 0 Å². The van der Waals surface area contributed by atoms with Crippen LogP contribution in [0.15, 0.2) is 54.6 Å². The molecule has 0 unspecified atom stereocenters. The molecule has 0 spiro atoms. The molecule has 1 atom stereocenters. The molecule has 1 aliphatic rings. The fourth-order valence-electron chi connectivity index (χ4n) is 2.47. The van der Waals surface area contributed by atoms with Crippen LogP contribution < -0.4 is 0 Å². The summed E-state index contributed by atoms with van der Waals surface area (Å²) in [6.07, 6.45) is 0.282. The molecule has 4 nitrogen and oxygen atoms in total. The first-order valence-electron chi connectivity index (χ1n) is 7.23. The van der Waals surface area contributed by atoms with Crippen molar-refractivity contribution in [3.63, 3.8) is 0 Å². The molecule has 0 amide bonds. The first kappa shape index (κ1) is 14.3. The van der Waals surface area contributed by atoms with E-state index in [0.717, 1.165) is 11.1 Å². The highest BCUT2D eigenvalue weighted by Crippen LogP contribution is 2.18. The first-order chi connectivity index (χ1) is 10.7. The molecule has 1 fully saturated rings. The summed E-state index contributed by atoms with van der Waals surface area (Å²) in [7, 11) is 0. The van der Waals surface area contributed by atoms with Crippen molar-refractivity contribution in [1.82, 2.24) is 0 Å². The summed E-state index contributed by atoms with van der Waals surface area (Å²) < 4.78 is 10.1. The predicted octanol–water partition coefficient (Wildman–Crippen LogP) is 2.75. The summed E-state index contributed by atoms with van der Waals surface area (Å²) in [5.74, 6) is -0.940. The Hall–Kier alpha value is -2.62. The standard InChI is InChI=1S/C18H16O4/c19-17(22-16-10-11-21-18(16)20)15-9-5-4-8-14(15)12-13-6-2-1-3-7-13/h1-9,16H,10-12H2/t16-/m1/s1. The highest BCUT2D eigenvalue weighted by Gasteiger charge is 2.31. The largest absolute Gasteiger partial charge is 0.463 e. The van der Waals surface area contributed by atoms with Crippen LogP contribution in [0.1, 0.15) is 27.9 Å². The second-order valence-electron chi connectivity index (χ2n) is 5.17. The molecule has 112 valence electrons. The van der Waals surface area contributed by atoms with E-state index in [-0.39, 0.29) is 0 Å². The number of carbonyl (C=O) groups is 2. The minimum absolute atomic E-state index is 0.308. The van der Waals surface area contributed by atoms with Crippen LogP contribution in [-0.4, -0.2) is 24.6 Å². The molecule has 0 aliphatic carbocycles. The van der Waals surface area contributed by atoms with Gasteiger partial charge in [0.25, 0.3) is 0 Å². The van der Waals surface area contributed by atoms with Crippen molar-refractivity contribution in [3.8, 4) is 0 Å². The maximum absolute atomic E-state index is 12.3. The lowest BCUT2D eigenvalue weighted by Crippen LogP contribution is -2.23. The van der Waals surface area contributed by atoms with Crippen molar-refractivity contribution < 1.29 is 19.1 Å². The minimum Gasteiger partial charge on any atom is -0.463 e. The summed E-state index contributed by atoms with van der Waals surface area (Å²) in [4.78, 5) is 23.7. The van der Waals surface area contributed by atoms with Gasteiger partial charge in [-0.2, -0.15) is 0 Å². The maximum Gasteiger partial charge on any atom is 0.347 e. The van der Waals surface area contributed by atoms with E-state index in [0.29, 0.717) is 25.0 Å². The molecule has 1 heterocycles. The normalized spacial score (nSPS) is 17.1. The molecule has 0 radical (unpaired) electrons. The van der Waals surface area contributed by atoms with Gasteiger partial charge in [0.15, 0.2) is 0 Å². The maximum atomic E-state index is 12.3. The van der Waals surface area contributed by atoms with Crippen LogP contribution in [0.4, 0.5) is 0 Å². The van der Waals surface area contributed by atoms with Crippen LogP contribution in [-0.2, 0) is 20.7 Å². The highest BCUT2D eigenvalue weighted by molar-refractivity contribution is 5.93. The van der Waals surface area contributed by atoms with Gasteiger partial charge in [-0.05, 0) is 23.6 Å². The molecule has 22 heavy (non-hydrogen) atoms. The molecule has 0 N–H and O–H groups in total. The van der Waals surface area contributed by atoms with E-state index < -0.39 is 18.0 Å². The van der Waals surface area contributed by atoms with E-state index in [9.17, 15) is 9.59 Å². The fourth-order valence-corrected chi connectivity index (χ4v) is 2.47. The van der Waals surface area contributed by atoms with Crippen molar-refractivity contribution >= 4 is 11.9 Å². The van der Waals surface area contributed by atoms with E-state index in [2.05, 4.69) is 0 Å². The topological polar surface area (TPSA) is 52.6 Å². The number of benzene rings is 2. The Morgan fingerprint density at radius 2 is 1.82 bits per heavy atom. The number of carbonyl (C=O) groups excluding carboxylic acids is 2. The van der Waals surface area contributed by atoms with Gasteiger partial charge in [-0.15, -0.1) is 0 Å². The fraction of sp³-hybridized carbons (Fsp3) is 0.222. The highest BCUT2D eigenvalue weighted by atomic mass is 16.6. The monoisotopic (exact) mass is 296 g/mol. The molecular weight excluding hydrogens is 280 g/mol. The summed E-state index contributed by atoms with van der Waals surface area (Å²) in [6.45, 7) is 0.308. The SMILES string of the molecule is O=C(O[C@@H]1CCOC1=O)c1ccccc1Cc1ccccc1. The molecule has 0 saturated carbocycles. The number of rotatable bonds is 4. The third-order valence-corrected chi connectivity index (χ3v) is 3.61. The Morgan fingerprint density at radius 3 is 2.55 bits per heavy atom. The van der Waals surface area contributed by atoms with Crippen molar-refractivity contribution in [1.29, 1.82) is 0 Å². The van der Waals surface area contributed by atoms with Crippen LogP contribution in [0.25, 0.3) is 0 Å². The average molecular weight is 296 g/mol. The zero-order chi connectivity index (χ0) is 15.4. The van der Waals surface area contributed by atoms with Gasteiger partial charge in [-0.3, -0.25) is 0 Å². The van der Waals surface area contributed by atoms with E-state index in [4.69, 9.17) is 9.47 Å². The molecule has 0 aromatic heterocycles. The van der Waals surface area contributed by atoms with Crippen LogP contribution in [0.5, 0.6) is 0 Å². The smallest absolute Gasteiger partial charge is 0.347 e. The van der Waals surface area contributed by atoms with Gasteiger partial charge in [0.2, 0.25) is 6.10 Å². The van der Waals surface area contributed by atoms with Crippen LogP contribution in [0, 0.1) is 0 Å². The number of hydrogen-bond donors (Lipinski definition) is 0. The van der Waals surface area contributed by atoms with Gasteiger partial charge in [0, 0.05) is 6.42 Å². The molecule has 2 aromatic carbocycles. The summed E-state index contributed by atoms with van der Waals surface area (Å²) in [6, 6.07) is 17.2. The van der Waals surface area contributed by atoms with Crippen molar-refractivity contribution in [3.05, 3.63) is 71.3 Å². The summed E-state index contributed by atoms with van der Waals surface area (Å²) in [5.41, 5.74) is 2.49. The Bertz CT molecular complexity index is 678. The molecule has 4 heteroatoms. The van der Waals surface area contributed by atoms with Crippen molar-refractivity contribution in [2.45, 2.75) is 18.9 Å². The van der Waals surface area contributed by atoms with Gasteiger partial charge in [-0.1, -0.05) is 48.5 Å². The number of esters is 2. The van der Waals surface area contributed by atoms with Crippen molar-refractivity contribution in [2.75, 3.05) is 6.61 Å². The molecule has 0 bridgehead atoms. The van der Waals surface area contributed by atoms with E-state index >= 15 is 0 Å². The Labute approximate surface area is 128 Å². The van der Waals surface area contributed by atoms with E-state index in [1.807, 2.05) is 42.5 Å². The zero-order valence-electron chi connectivity index (χ0n) is 12.0. The lowest BCUT2D eigenvalue weighted by Gasteiger charge is -2.12. The second kappa shape index (κ2) is 6.43. The lowest BCUT2D eigenvalue weighted by atomic mass is 10.00. The Kier molecular flexibility index (Phi) is 4.19.